The molecule has 170 valence electrons. The largest absolute Gasteiger partial charge is 0.458 e. The maximum atomic E-state index is 11.8. The first kappa shape index (κ1) is 23.3. The Morgan fingerprint density at radius 2 is 1.90 bits per heavy atom. The molecule has 0 saturated carbocycles. The van der Waals surface area contributed by atoms with E-state index in [0.717, 1.165) is 11.1 Å². The number of rotatable bonds is 7. The molecule has 0 spiro atoms. The van der Waals surface area contributed by atoms with Crippen LogP contribution in [-0.4, -0.2) is 87.6 Å². The number of hydrogen-bond donors (Lipinski definition) is 5. The van der Waals surface area contributed by atoms with Gasteiger partial charge < -0.3 is 39.7 Å². The molecule has 0 aromatic heterocycles. The topological polar surface area (TPSA) is 146 Å². The van der Waals surface area contributed by atoms with Gasteiger partial charge in [0.2, 0.25) is 0 Å². The fraction of sp³-hybridized carbons (Fsp3) is 0.762. The van der Waals surface area contributed by atoms with Crippen LogP contribution in [0.4, 0.5) is 0 Å². The fourth-order valence-electron chi connectivity index (χ4n) is 4.74. The summed E-state index contributed by atoms with van der Waals surface area (Å²) < 4.78 is 16.2. The molecular weight excluding hydrogens is 396 g/mol. The summed E-state index contributed by atoms with van der Waals surface area (Å²) in [6.45, 7) is 7.42. The zero-order chi connectivity index (χ0) is 22.2. The van der Waals surface area contributed by atoms with Crippen molar-refractivity contribution in [3.05, 3.63) is 23.3 Å². The summed E-state index contributed by atoms with van der Waals surface area (Å²) in [5.74, 6) is -0.828. The van der Waals surface area contributed by atoms with E-state index in [9.17, 15) is 30.3 Å². The van der Waals surface area contributed by atoms with Crippen LogP contribution >= 0.6 is 0 Å². The Hall–Kier alpha value is -1.33. The number of ether oxygens (including phenoxy) is 3. The summed E-state index contributed by atoms with van der Waals surface area (Å²) in [5.41, 5.74) is 2.22. The summed E-state index contributed by atoms with van der Waals surface area (Å²) in [7, 11) is 0. The third-order valence-electron chi connectivity index (χ3n) is 6.43. The Morgan fingerprint density at radius 1 is 1.20 bits per heavy atom. The second kappa shape index (κ2) is 9.44. The number of carbonyl (C=O) groups excluding carboxylic acids is 1. The zero-order valence-corrected chi connectivity index (χ0v) is 17.3. The van der Waals surface area contributed by atoms with Crippen molar-refractivity contribution in [2.24, 2.45) is 11.8 Å². The molecule has 2 heterocycles. The van der Waals surface area contributed by atoms with Gasteiger partial charge in [0.1, 0.15) is 30.5 Å². The predicted octanol–water partition coefficient (Wildman–Crippen LogP) is -0.602. The van der Waals surface area contributed by atoms with E-state index < -0.39 is 55.3 Å². The molecule has 0 radical (unpaired) electrons. The van der Waals surface area contributed by atoms with E-state index in [-0.39, 0.29) is 18.6 Å². The first-order valence-corrected chi connectivity index (χ1v) is 10.4. The normalized spacial score (nSPS) is 40.4. The second-order valence-corrected chi connectivity index (χ2v) is 8.49. The molecule has 1 aliphatic carbocycles. The number of fused-ring (bicyclic) bond motifs is 1. The van der Waals surface area contributed by atoms with Gasteiger partial charge >= 0.3 is 5.97 Å². The zero-order valence-electron chi connectivity index (χ0n) is 17.3. The SMILES string of the molecule is C=C1C(=O)O[C@@H]2CC(C)=C([C@H](C)CCCO[C@@H]3O[C@H](CO)[C@@H](O)[C@H](O)[C@H]3O)[C@@H](O)[C@@H]12. The van der Waals surface area contributed by atoms with Gasteiger partial charge in [0.05, 0.1) is 18.6 Å². The lowest BCUT2D eigenvalue weighted by Gasteiger charge is -2.39. The number of hydrogen-bond acceptors (Lipinski definition) is 9. The third-order valence-corrected chi connectivity index (χ3v) is 6.43. The highest BCUT2D eigenvalue weighted by Crippen LogP contribution is 2.43. The molecule has 9 heteroatoms. The highest BCUT2D eigenvalue weighted by Gasteiger charge is 2.48. The fourth-order valence-corrected chi connectivity index (χ4v) is 4.74. The second-order valence-electron chi connectivity index (χ2n) is 8.49. The Balaban J connectivity index is 1.52. The van der Waals surface area contributed by atoms with Gasteiger partial charge in [0, 0.05) is 18.6 Å². The maximum absolute atomic E-state index is 11.8. The minimum Gasteiger partial charge on any atom is -0.458 e. The van der Waals surface area contributed by atoms with Gasteiger partial charge in [-0.2, -0.15) is 0 Å². The number of aliphatic hydroxyl groups excluding tert-OH is 5. The van der Waals surface area contributed by atoms with Crippen molar-refractivity contribution < 1.29 is 44.5 Å². The summed E-state index contributed by atoms with van der Waals surface area (Å²) in [4.78, 5) is 11.8. The minimum absolute atomic E-state index is 0.0304. The van der Waals surface area contributed by atoms with Gasteiger partial charge in [-0.3, -0.25) is 0 Å². The first-order chi connectivity index (χ1) is 14.2. The van der Waals surface area contributed by atoms with Crippen molar-refractivity contribution in [3.8, 4) is 0 Å². The molecule has 2 fully saturated rings. The van der Waals surface area contributed by atoms with Crippen LogP contribution < -0.4 is 0 Å². The van der Waals surface area contributed by atoms with Crippen LogP contribution in [0.15, 0.2) is 23.3 Å². The Bertz CT molecular complexity index is 688. The number of aliphatic hydroxyl groups is 5. The number of esters is 1. The van der Waals surface area contributed by atoms with Crippen LogP contribution in [0.1, 0.15) is 33.1 Å². The predicted molar refractivity (Wildman–Crippen MR) is 104 cm³/mol. The van der Waals surface area contributed by atoms with E-state index in [1.54, 1.807) is 0 Å². The van der Waals surface area contributed by atoms with Gasteiger partial charge in [0.15, 0.2) is 6.29 Å². The van der Waals surface area contributed by atoms with Gasteiger partial charge in [-0.05, 0) is 31.3 Å². The smallest absolute Gasteiger partial charge is 0.334 e. The van der Waals surface area contributed by atoms with Crippen LogP contribution in [-0.2, 0) is 19.0 Å². The van der Waals surface area contributed by atoms with Crippen LogP contribution in [0.5, 0.6) is 0 Å². The average Bonchev–Trinajstić information content (AvgIpc) is 2.98. The van der Waals surface area contributed by atoms with Crippen molar-refractivity contribution in [1.29, 1.82) is 0 Å². The van der Waals surface area contributed by atoms with E-state index in [2.05, 4.69) is 6.58 Å². The highest BCUT2D eigenvalue weighted by atomic mass is 16.7. The van der Waals surface area contributed by atoms with Crippen molar-refractivity contribution >= 4 is 5.97 Å². The summed E-state index contributed by atoms with van der Waals surface area (Å²) in [6.07, 6.45) is -5.79. The van der Waals surface area contributed by atoms with Crippen LogP contribution in [0, 0.1) is 11.8 Å². The molecule has 0 aromatic rings. The van der Waals surface area contributed by atoms with Crippen LogP contribution in [0.25, 0.3) is 0 Å². The molecule has 2 saturated heterocycles. The molecule has 3 aliphatic rings. The summed E-state index contributed by atoms with van der Waals surface area (Å²) in [6, 6.07) is 0. The molecule has 0 bridgehead atoms. The molecule has 3 rings (SSSR count). The highest BCUT2D eigenvalue weighted by molar-refractivity contribution is 5.91. The van der Waals surface area contributed by atoms with E-state index in [1.807, 2.05) is 13.8 Å². The third kappa shape index (κ3) is 4.34. The number of carbonyl (C=O) groups is 1. The Morgan fingerprint density at radius 3 is 2.57 bits per heavy atom. The summed E-state index contributed by atoms with van der Waals surface area (Å²) >= 11 is 0. The van der Waals surface area contributed by atoms with E-state index in [4.69, 9.17) is 14.2 Å². The van der Waals surface area contributed by atoms with E-state index in [1.165, 1.54) is 0 Å². The standard InChI is InChI=1S/C21H32O9/c1-9(14-10(2)7-12-15(17(14)24)11(3)20(27)29-12)5-4-6-28-21-19(26)18(25)16(23)13(8-22)30-21/h9,12-13,15-19,21-26H,3-8H2,1-2H3/t9-,12-,13-,15+,16-,17-,18+,19-,21-/m1/s1. The van der Waals surface area contributed by atoms with Crippen molar-refractivity contribution in [2.75, 3.05) is 13.2 Å². The molecule has 30 heavy (non-hydrogen) atoms. The van der Waals surface area contributed by atoms with Gasteiger partial charge in [-0.1, -0.05) is 19.1 Å². The molecule has 0 unspecified atom stereocenters. The van der Waals surface area contributed by atoms with E-state index >= 15 is 0 Å². The van der Waals surface area contributed by atoms with Gasteiger partial charge in [-0.15, -0.1) is 0 Å². The van der Waals surface area contributed by atoms with Gasteiger partial charge in [0.25, 0.3) is 0 Å². The average molecular weight is 428 g/mol. The summed E-state index contributed by atoms with van der Waals surface area (Å²) in [5, 5.41) is 49.7. The van der Waals surface area contributed by atoms with Crippen molar-refractivity contribution in [1.82, 2.24) is 0 Å². The molecule has 0 amide bonds. The van der Waals surface area contributed by atoms with Gasteiger partial charge in [-0.25, -0.2) is 4.79 Å². The van der Waals surface area contributed by atoms with E-state index in [0.29, 0.717) is 24.8 Å². The van der Waals surface area contributed by atoms with Crippen molar-refractivity contribution in [2.45, 2.75) is 76.0 Å². The molecule has 2 aliphatic heterocycles. The quantitative estimate of drug-likeness (QED) is 0.155. The first-order valence-electron chi connectivity index (χ1n) is 10.4. The molecular formula is C21H32O9. The molecule has 9 nitrogen and oxygen atoms in total. The van der Waals surface area contributed by atoms with Crippen molar-refractivity contribution in [3.63, 3.8) is 0 Å². The Labute approximate surface area is 175 Å². The lowest BCUT2D eigenvalue weighted by Crippen LogP contribution is -2.59. The Kier molecular flexibility index (Phi) is 7.34. The minimum atomic E-state index is -1.47. The maximum Gasteiger partial charge on any atom is 0.334 e. The lowest BCUT2D eigenvalue weighted by molar-refractivity contribution is -0.301. The lowest BCUT2D eigenvalue weighted by atomic mass is 9.73. The monoisotopic (exact) mass is 428 g/mol. The molecule has 9 atom stereocenters. The van der Waals surface area contributed by atoms with Crippen LogP contribution in [0.3, 0.4) is 0 Å². The molecule has 0 aromatic carbocycles. The van der Waals surface area contributed by atoms with Crippen LogP contribution in [0.2, 0.25) is 0 Å². The molecule has 5 N–H and O–H groups in total.